The van der Waals surface area contributed by atoms with Gasteiger partial charge < -0.3 is 9.80 Å². The van der Waals surface area contributed by atoms with E-state index in [-0.39, 0.29) is 17.7 Å². The number of amides is 2. The van der Waals surface area contributed by atoms with E-state index in [4.69, 9.17) is 0 Å². The number of halogens is 1. The minimum atomic E-state index is 0.0493. The maximum absolute atomic E-state index is 12.3. The molecule has 4 nitrogen and oxygen atoms in total. The standard InChI is InChI=1S/C15H19BrN2O2/c1-17(2)14(19)12-7-9-18(10-8-12)15(20)11-3-5-13(16)6-4-11/h3-6,12H,7-10H2,1-2H3. The average molecular weight is 339 g/mol. The first kappa shape index (κ1) is 15.0. The van der Waals surface area contributed by atoms with Gasteiger partial charge in [-0.05, 0) is 37.1 Å². The third-order valence-electron chi connectivity index (χ3n) is 3.66. The summed E-state index contributed by atoms with van der Waals surface area (Å²) in [7, 11) is 3.56. The van der Waals surface area contributed by atoms with E-state index in [9.17, 15) is 9.59 Å². The lowest BCUT2D eigenvalue weighted by Crippen LogP contribution is -2.42. The normalized spacial score (nSPS) is 16.1. The first-order valence-corrected chi connectivity index (χ1v) is 7.54. The molecule has 1 aromatic rings. The van der Waals surface area contributed by atoms with Crippen LogP contribution < -0.4 is 0 Å². The van der Waals surface area contributed by atoms with E-state index >= 15 is 0 Å². The molecule has 0 aromatic heterocycles. The van der Waals surface area contributed by atoms with Crippen molar-refractivity contribution < 1.29 is 9.59 Å². The van der Waals surface area contributed by atoms with Gasteiger partial charge in [0, 0.05) is 43.1 Å². The van der Waals surface area contributed by atoms with Crippen LogP contribution in [0.15, 0.2) is 28.7 Å². The largest absolute Gasteiger partial charge is 0.349 e. The molecule has 1 fully saturated rings. The van der Waals surface area contributed by atoms with Gasteiger partial charge in [-0.3, -0.25) is 9.59 Å². The molecular weight excluding hydrogens is 320 g/mol. The van der Waals surface area contributed by atoms with Gasteiger partial charge in [0.2, 0.25) is 5.91 Å². The Morgan fingerprint density at radius 3 is 2.20 bits per heavy atom. The summed E-state index contributed by atoms with van der Waals surface area (Å²) in [6.07, 6.45) is 1.50. The average Bonchev–Trinajstić information content (AvgIpc) is 2.46. The lowest BCUT2D eigenvalue weighted by molar-refractivity contribution is -0.134. The summed E-state index contributed by atoms with van der Waals surface area (Å²) in [6.45, 7) is 1.30. The highest BCUT2D eigenvalue weighted by atomic mass is 79.9. The van der Waals surface area contributed by atoms with Crippen molar-refractivity contribution in [2.75, 3.05) is 27.2 Å². The fourth-order valence-electron chi connectivity index (χ4n) is 2.47. The molecule has 0 bridgehead atoms. The van der Waals surface area contributed by atoms with Crippen molar-refractivity contribution >= 4 is 27.7 Å². The number of rotatable bonds is 2. The topological polar surface area (TPSA) is 40.6 Å². The molecule has 1 aromatic carbocycles. The van der Waals surface area contributed by atoms with Crippen molar-refractivity contribution in [2.24, 2.45) is 5.92 Å². The zero-order valence-corrected chi connectivity index (χ0v) is 13.4. The molecule has 1 saturated heterocycles. The number of hydrogen-bond acceptors (Lipinski definition) is 2. The number of likely N-dealkylation sites (tertiary alicyclic amines) is 1. The van der Waals surface area contributed by atoms with E-state index in [2.05, 4.69) is 15.9 Å². The third-order valence-corrected chi connectivity index (χ3v) is 4.19. The number of nitrogens with zero attached hydrogens (tertiary/aromatic N) is 2. The lowest BCUT2D eigenvalue weighted by atomic mass is 9.95. The van der Waals surface area contributed by atoms with E-state index in [1.807, 2.05) is 29.2 Å². The number of hydrogen-bond donors (Lipinski definition) is 0. The minimum absolute atomic E-state index is 0.0493. The Kier molecular flexibility index (Phi) is 4.81. The summed E-state index contributed by atoms with van der Waals surface area (Å²) in [6, 6.07) is 7.39. The fraction of sp³-hybridized carbons (Fsp3) is 0.467. The van der Waals surface area contributed by atoms with Gasteiger partial charge in [0.15, 0.2) is 0 Å². The second-order valence-electron chi connectivity index (χ2n) is 5.31. The van der Waals surface area contributed by atoms with Crippen LogP contribution in [-0.4, -0.2) is 48.8 Å². The fourth-order valence-corrected chi connectivity index (χ4v) is 2.73. The smallest absolute Gasteiger partial charge is 0.253 e. The van der Waals surface area contributed by atoms with Crippen LogP contribution >= 0.6 is 15.9 Å². The van der Waals surface area contributed by atoms with E-state index in [1.54, 1.807) is 19.0 Å². The van der Waals surface area contributed by atoms with Crippen LogP contribution in [0.5, 0.6) is 0 Å². The van der Waals surface area contributed by atoms with Crippen molar-refractivity contribution in [3.63, 3.8) is 0 Å². The molecule has 2 rings (SSSR count). The molecule has 0 spiro atoms. The number of carbonyl (C=O) groups excluding carboxylic acids is 2. The monoisotopic (exact) mass is 338 g/mol. The van der Waals surface area contributed by atoms with Crippen LogP contribution in [0, 0.1) is 5.92 Å². The van der Waals surface area contributed by atoms with Gasteiger partial charge in [-0.25, -0.2) is 0 Å². The third kappa shape index (κ3) is 3.39. The van der Waals surface area contributed by atoms with E-state index in [0.29, 0.717) is 18.7 Å². The Morgan fingerprint density at radius 2 is 1.70 bits per heavy atom. The summed E-state index contributed by atoms with van der Waals surface area (Å²) >= 11 is 3.36. The molecule has 0 atom stereocenters. The van der Waals surface area contributed by atoms with Crippen LogP contribution in [0.1, 0.15) is 23.2 Å². The Bertz CT molecular complexity index is 491. The maximum atomic E-state index is 12.3. The van der Waals surface area contributed by atoms with E-state index in [0.717, 1.165) is 17.3 Å². The van der Waals surface area contributed by atoms with Crippen LogP contribution in [0.4, 0.5) is 0 Å². The van der Waals surface area contributed by atoms with Crippen LogP contribution in [0.2, 0.25) is 0 Å². The second-order valence-corrected chi connectivity index (χ2v) is 6.22. The molecule has 0 N–H and O–H groups in total. The Hall–Kier alpha value is -1.36. The predicted molar refractivity (Wildman–Crippen MR) is 81.5 cm³/mol. The molecule has 2 amide bonds. The van der Waals surface area contributed by atoms with Gasteiger partial charge in [-0.15, -0.1) is 0 Å². The van der Waals surface area contributed by atoms with Crippen molar-refractivity contribution in [1.82, 2.24) is 9.80 Å². The highest BCUT2D eigenvalue weighted by molar-refractivity contribution is 9.10. The van der Waals surface area contributed by atoms with Gasteiger partial charge in [-0.1, -0.05) is 15.9 Å². The quantitative estimate of drug-likeness (QED) is 0.830. The second kappa shape index (κ2) is 6.39. The molecule has 1 aliphatic rings. The molecule has 0 saturated carbocycles. The molecule has 1 heterocycles. The summed E-state index contributed by atoms with van der Waals surface area (Å²) in [5.74, 6) is 0.271. The summed E-state index contributed by atoms with van der Waals surface area (Å²) in [4.78, 5) is 27.7. The van der Waals surface area contributed by atoms with Crippen molar-refractivity contribution in [1.29, 1.82) is 0 Å². The van der Waals surface area contributed by atoms with Gasteiger partial charge in [-0.2, -0.15) is 0 Å². The molecule has 0 unspecified atom stereocenters. The maximum Gasteiger partial charge on any atom is 0.253 e. The predicted octanol–water partition coefficient (Wildman–Crippen LogP) is 2.39. The highest BCUT2D eigenvalue weighted by Gasteiger charge is 2.28. The number of carbonyl (C=O) groups is 2. The summed E-state index contributed by atoms with van der Waals surface area (Å²) in [5.41, 5.74) is 0.700. The highest BCUT2D eigenvalue weighted by Crippen LogP contribution is 2.21. The Morgan fingerprint density at radius 1 is 1.15 bits per heavy atom. The number of benzene rings is 1. The summed E-state index contributed by atoms with van der Waals surface area (Å²) < 4.78 is 0.962. The molecular formula is C15H19BrN2O2. The molecule has 0 radical (unpaired) electrons. The van der Waals surface area contributed by atoms with Gasteiger partial charge in [0.1, 0.15) is 0 Å². The lowest BCUT2D eigenvalue weighted by Gasteiger charge is -2.32. The molecule has 5 heteroatoms. The van der Waals surface area contributed by atoms with Gasteiger partial charge in [0.25, 0.3) is 5.91 Å². The molecule has 1 aliphatic heterocycles. The van der Waals surface area contributed by atoms with Crippen molar-refractivity contribution in [3.05, 3.63) is 34.3 Å². The van der Waals surface area contributed by atoms with Crippen LogP contribution in [-0.2, 0) is 4.79 Å². The van der Waals surface area contributed by atoms with Gasteiger partial charge >= 0.3 is 0 Å². The van der Waals surface area contributed by atoms with Crippen LogP contribution in [0.25, 0.3) is 0 Å². The van der Waals surface area contributed by atoms with Crippen molar-refractivity contribution in [2.45, 2.75) is 12.8 Å². The van der Waals surface area contributed by atoms with Gasteiger partial charge in [0.05, 0.1) is 0 Å². The molecule has 0 aliphatic carbocycles. The summed E-state index contributed by atoms with van der Waals surface area (Å²) in [5, 5.41) is 0. The zero-order valence-electron chi connectivity index (χ0n) is 11.8. The van der Waals surface area contributed by atoms with E-state index < -0.39 is 0 Å². The first-order valence-electron chi connectivity index (χ1n) is 6.75. The minimum Gasteiger partial charge on any atom is -0.349 e. The van der Waals surface area contributed by atoms with E-state index in [1.165, 1.54) is 0 Å². The van der Waals surface area contributed by atoms with Crippen LogP contribution in [0.3, 0.4) is 0 Å². The SMILES string of the molecule is CN(C)C(=O)C1CCN(C(=O)c2ccc(Br)cc2)CC1. The Balaban J connectivity index is 1.95. The Labute approximate surface area is 127 Å². The zero-order chi connectivity index (χ0) is 14.7. The van der Waals surface area contributed by atoms with Crippen molar-refractivity contribution in [3.8, 4) is 0 Å². The molecule has 20 heavy (non-hydrogen) atoms. The molecule has 108 valence electrons. The first-order chi connectivity index (χ1) is 9.49. The number of piperidine rings is 1.